The highest BCUT2D eigenvalue weighted by Gasteiger charge is 2.36. The molecular formula is C24H19F3N6O2. The summed E-state index contributed by atoms with van der Waals surface area (Å²) in [6.45, 7) is 3.21. The van der Waals surface area contributed by atoms with Gasteiger partial charge in [-0.25, -0.2) is 4.98 Å². The van der Waals surface area contributed by atoms with Crippen LogP contribution in [0.5, 0.6) is 11.6 Å². The minimum absolute atomic E-state index is 0.131. The zero-order chi connectivity index (χ0) is 25.2. The molecule has 0 fully saturated rings. The Labute approximate surface area is 198 Å². The molecule has 0 bridgehead atoms. The van der Waals surface area contributed by atoms with Crippen LogP contribution < -0.4 is 10.1 Å². The number of nitrogens with zero attached hydrogens (tertiary/aromatic N) is 5. The molecule has 0 aliphatic rings. The van der Waals surface area contributed by atoms with Crippen molar-refractivity contribution >= 4 is 11.5 Å². The summed E-state index contributed by atoms with van der Waals surface area (Å²) in [4.78, 5) is 8.34. The van der Waals surface area contributed by atoms with Crippen LogP contribution in [0.2, 0.25) is 0 Å². The van der Waals surface area contributed by atoms with E-state index < -0.39 is 17.5 Å². The van der Waals surface area contributed by atoms with Crippen LogP contribution in [0.4, 0.5) is 24.7 Å². The second kappa shape index (κ2) is 9.08. The number of hydrogen-bond donors (Lipinski definition) is 2. The summed E-state index contributed by atoms with van der Waals surface area (Å²) in [5.41, 5.74) is -1.01. The number of hydrogen-bond acceptors (Lipinski definition) is 7. The van der Waals surface area contributed by atoms with Crippen molar-refractivity contribution in [2.24, 2.45) is 0 Å². The smallest absolute Gasteiger partial charge is 0.435 e. The monoisotopic (exact) mass is 480 g/mol. The summed E-state index contributed by atoms with van der Waals surface area (Å²) < 4.78 is 46.9. The normalized spacial score (nSPS) is 11.7. The van der Waals surface area contributed by atoms with Crippen LogP contribution in [0.25, 0.3) is 5.69 Å². The fraction of sp³-hybridized carbons (Fsp3) is 0.167. The van der Waals surface area contributed by atoms with E-state index in [-0.39, 0.29) is 22.9 Å². The van der Waals surface area contributed by atoms with Crippen molar-refractivity contribution in [1.29, 1.82) is 5.26 Å². The maximum Gasteiger partial charge on any atom is 0.435 e. The molecule has 8 nitrogen and oxygen atoms in total. The van der Waals surface area contributed by atoms with Crippen molar-refractivity contribution in [3.63, 3.8) is 0 Å². The molecule has 4 rings (SSSR count). The van der Waals surface area contributed by atoms with E-state index in [0.29, 0.717) is 17.2 Å². The average molecular weight is 480 g/mol. The minimum Gasteiger partial charge on any atom is -0.439 e. The first-order valence-corrected chi connectivity index (χ1v) is 10.3. The molecule has 0 spiro atoms. The van der Waals surface area contributed by atoms with Crippen LogP contribution in [0, 0.1) is 11.3 Å². The van der Waals surface area contributed by atoms with Crippen molar-refractivity contribution in [2.75, 3.05) is 5.32 Å². The largest absolute Gasteiger partial charge is 0.439 e. The second-order valence-electron chi connectivity index (χ2n) is 8.00. The van der Waals surface area contributed by atoms with Gasteiger partial charge in [-0.05, 0) is 44.2 Å². The molecule has 35 heavy (non-hydrogen) atoms. The molecule has 0 saturated heterocycles. The second-order valence-corrected chi connectivity index (χ2v) is 8.00. The highest BCUT2D eigenvalue weighted by Crippen LogP contribution is 2.35. The number of nitriles is 1. The van der Waals surface area contributed by atoms with E-state index in [1.54, 1.807) is 38.1 Å². The Morgan fingerprint density at radius 1 is 1.00 bits per heavy atom. The number of aromatic nitrogens is 4. The summed E-state index contributed by atoms with van der Waals surface area (Å²) in [5, 5.41) is 26.2. The SMILES string of the molecule is CC(C)(O)c1cc(Nc2cc(Oc3cc(C(F)(F)F)nn3-c3ccccc3C#N)ccn2)ccn1. The lowest BCUT2D eigenvalue weighted by atomic mass is 10.0. The van der Waals surface area contributed by atoms with Crippen molar-refractivity contribution in [3.8, 4) is 23.4 Å². The third-order valence-corrected chi connectivity index (χ3v) is 4.83. The number of alkyl halides is 3. The van der Waals surface area contributed by atoms with Crippen molar-refractivity contribution < 1.29 is 23.0 Å². The van der Waals surface area contributed by atoms with Gasteiger partial charge in [-0.2, -0.15) is 28.2 Å². The van der Waals surface area contributed by atoms with E-state index in [4.69, 9.17) is 4.74 Å². The number of ether oxygens (including phenoxy) is 1. The zero-order valence-corrected chi connectivity index (χ0v) is 18.6. The van der Waals surface area contributed by atoms with Crippen LogP contribution in [-0.4, -0.2) is 24.9 Å². The number of aliphatic hydroxyl groups is 1. The molecule has 2 N–H and O–H groups in total. The third-order valence-electron chi connectivity index (χ3n) is 4.83. The molecule has 0 atom stereocenters. The Balaban J connectivity index is 1.67. The van der Waals surface area contributed by atoms with Gasteiger partial charge in [0.15, 0.2) is 5.69 Å². The van der Waals surface area contributed by atoms with Crippen molar-refractivity contribution in [3.05, 3.63) is 83.9 Å². The standard InChI is InChI=1S/C24H19F3N6O2/c1-23(2,34)19-11-16(7-9-29-19)31-21-12-17(8-10-30-21)35-22-13-20(24(25,26)27)32-33(22)18-6-4-3-5-15(18)14-28/h3-13,34H,1-2H3,(H,29,30,31). The number of rotatable bonds is 6. The fourth-order valence-corrected chi connectivity index (χ4v) is 3.16. The average Bonchev–Trinajstić information content (AvgIpc) is 3.23. The zero-order valence-electron chi connectivity index (χ0n) is 18.6. The summed E-state index contributed by atoms with van der Waals surface area (Å²) >= 11 is 0. The minimum atomic E-state index is -4.71. The molecular weight excluding hydrogens is 461 g/mol. The third kappa shape index (κ3) is 5.39. The van der Waals surface area contributed by atoms with Crippen LogP contribution in [0.1, 0.15) is 30.8 Å². The Kier molecular flexibility index (Phi) is 6.15. The van der Waals surface area contributed by atoms with Crippen molar-refractivity contribution in [2.45, 2.75) is 25.6 Å². The molecule has 0 amide bonds. The van der Waals surface area contributed by atoms with Gasteiger partial charge >= 0.3 is 6.18 Å². The van der Waals surface area contributed by atoms with Crippen LogP contribution in [0.15, 0.2) is 67.0 Å². The van der Waals surface area contributed by atoms with E-state index in [1.807, 2.05) is 6.07 Å². The first-order chi connectivity index (χ1) is 16.5. The molecule has 11 heteroatoms. The molecule has 1 aromatic carbocycles. The molecule has 0 aliphatic carbocycles. The predicted octanol–water partition coefficient (Wildman–Crippen LogP) is 5.32. The number of pyridine rings is 2. The maximum absolute atomic E-state index is 13.4. The first-order valence-electron chi connectivity index (χ1n) is 10.3. The number of nitrogens with one attached hydrogen (secondary N) is 1. The van der Waals surface area contributed by atoms with Gasteiger partial charge < -0.3 is 15.2 Å². The van der Waals surface area contributed by atoms with Crippen LogP contribution in [0.3, 0.4) is 0 Å². The molecule has 178 valence electrons. The van der Waals surface area contributed by atoms with Gasteiger partial charge in [0.25, 0.3) is 0 Å². The topological polar surface area (TPSA) is 109 Å². The molecule has 0 aliphatic heterocycles. The molecule has 0 saturated carbocycles. The van der Waals surface area contributed by atoms with Gasteiger partial charge in [-0.3, -0.25) is 4.98 Å². The molecule has 3 heterocycles. The van der Waals surface area contributed by atoms with Gasteiger partial charge in [0.05, 0.1) is 16.9 Å². The van der Waals surface area contributed by atoms with Crippen LogP contribution >= 0.6 is 0 Å². The summed E-state index contributed by atoms with van der Waals surface area (Å²) in [6.07, 6.45) is -1.76. The Hall–Kier alpha value is -4.43. The highest BCUT2D eigenvalue weighted by molar-refractivity contribution is 5.58. The molecule has 0 radical (unpaired) electrons. The quantitative estimate of drug-likeness (QED) is 0.385. The van der Waals surface area contributed by atoms with E-state index >= 15 is 0 Å². The van der Waals surface area contributed by atoms with E-state index in [1.165, 1.54) is 36.7 Å². The Morgan fingerprint density at radius 2 is 1.74 bits per heavy atom. The van der Waals surface area contributed by atoms with E-state index in [0.717, 1.165) is 10.7 Å². The van der Waals surface area contributed by atoms with E-state index in [9.17, 15) is 23.5 Å². The van der Waals surface area contributed by atoms with Crippen LogP contribution in [-0.2, 0) is 11.8 Å². The summed E-state index contributed by atoms with van der Waals surface area (Å²) in [5.74, 6) is 0.295. The van der Waals surface area contributed by atoms with E-state index in [2.05, 4.69) is 20.4 Å². The van der Waals surface area contributed by atoms with Gasteiger partial charge in [0, 0.05) is 30.2 Å². The number of anilines is 2. The van der Waals surface area contributed by atoms with Gasteiger partial charge in [0.2, 0.25) is 5.88 Å². The first kappa shape index (κ1) is 23.7. The fourth-order valence-electron chi connectivity index (χ4n) is 3.16. The summed E-state index contributed by atoms with van der Waals surface area (Å²) in [7, 11) is 0. The van der Waals surface area contributed by atoms with Gasteiger partial charge in [-0.15, -0.1) is 0 Å². The highest BCUT2D eigenvalue weighted by atomic mass is 19.4. The lowest BCUT2D eigenvalue weighted by molar-refractivity contribution is -0.141. The molecule has 0 unspecified atom stereocenters. The lowest BCUT2D eigenvalue weighted by Gasteiger charge is -2.17. The van der Waals surface area contributed by atoms with Gasteiger partial charge in [0.1, 0.15) is 23.2 Å². The summed E-state index contributed by atoms with van der Waals surface area (Å²) in [6, 6.07) is 15.1. The number of benzene rings is 1. The Morgan fingerprint density at radius 3 is 2.46 bits per heavy atom. The molecule has 4 aromatic rings. The van der Waals surface area contributed by atoms with Crippen molar-refractivity contribution in [1.82, 2.24) is 19.7 Å². The maximum atomic E-state index is 13.4. The molecule has 3 aromatic heterocycles. The number of para-hydroxylation sites is 1. The number of halogens is 3. The lowest BCUT2D eigenvalue weighted by Crippen LogP contribution is -2.17. The van der Waals surface area contributed by atoms with Gasteiger partial charge in [-0.1, -0.05) is 12.1 Å². The predicted molar refractivity (Wildman–Crippen MR) is 120 cm³/mol. The Bertz CT molecular complexity index is 1400.